The number of carbonyl (C=O) groups is 3. The minimum absolute atomic E-state index is 0.0181. The van der Waals surface area contributed by atoms with E-state index in [1.807, 2.05) is 0 Å². The number of aliphatic carboxylic acids is 1. The highest BCUT2D eigenvalue weighted by atomic mass is 32.2. The number of amides is 3. The molecule has 0 radical (unpaired) electrons. The van der Waals surface area contributed by atoms with Crippen molar-refractivity contribution in [2.24, 2.45) is 0 Å². The number of nitrogens with one attached hydrogen (secondary N) is 2. The van der Waals surface area contributed by atoms with E-state index in [1.54, 1.807) is 11.8 Å². The third-order valence-electron chi connectivity index (χ3n) is 3.47. The zero-order valence-electron chi connectivity index (χ0n) is 11.8. The van der Waals surface area contributed by atoms with Gasteiger partial charge in [-0.1, -0.05) is 0 Å². The molecule has 7 nitrogen and oxygen atoms in total. The van der Waals surface area contributed by atoms with E-state index < -0.39 is 12.0 Å². The Morgan fingerprint density at radius 1 is 1.29 bits per heavy atom. The molecule has 3 N–H and O–H groups in total. The van der Waals surface area contributed by atoms with Crippen LogP contribution in [0.3, 0.4) is 0 Å². The third-order valence-corrected chi connectivity index (χ3v) is 4.50. The first kappa shape index (κ1) is 15.9. The molecule has 0 aromatic carbocycles. The normalized spacial score (nSPS) is 21.7. The van der Waals surface area contributed by atoms with E-state index >= 15 is 0 Å². The van der Waals surface area contributed by atoms with E-state index in [0.29, 0.717) is 37.7 Å². The summed E-state index contributed by atoms with van der Waals surface area (Å²) >= 11 is 1.54. The lowest BCUT2D eigenvalue weighted by molar-refractivity contribution is -0.141. The maximum Gasteiger partial charge on any atom is 0.327 e. The average Bonchev–Trinajstić information content (AvgIpc) is 3.27. The van der Waals surface area contributed by atoms with Crippen molar-refractivity contribution >= 4 is 29.7 Å². The molecular weight excluding hydrogens is 294 g/mol. The number of thioether (sulfide) groups is 1. The van der Waals surface area contributed by atoms with Crippen LogP contribution in [0.4, 0.5) is 4.79 Å². The van der Waals surface area contributed by atoms with Gasteiger partial charge >= 0.3 is 12.0 Å². The van der Waals surface area contributed by atoms with E-state index in [-0.39, 0.29) is 11.9 Å². The number of carboxylic acids is 1. The van der Waals surface area contributed by atoms with Gasteiger partial charge in [0.1, 0.15) is 6.04 Å². The summed E-state index contributed by atoms with van der Waals surface area (Å²) in [6.45, 7) is 0.822. The smallest absolute Gasteiger partial charge is 0.327 e. The SMILES string of the molecule is O=C(CCCNC(=O)N1CCSCC1C(=O)O)NC1CC1. The topological polar surface area (TPSA) is 98.7 Å². The molecule has 1 saturated heterocycles. The van der Waals surface area contributed by atoms with Crippen LogP contribution in [0, 0.1) is 0 Å². The summed E-state index contributed by atoms with van der Waals surface area (Å²) in [5.41, 5.74) is 0. The van der Waals surface area contributed by atoms with E-state index in [2.05, 4.69) is 10.6 Å². The number of urea groups is 1. The van der Waals surface area contributed by atoms with Gasteiger partial charge in [0.2, 0.25) is 5.91 Å². The molecule has 2 fully saturated rings. The lowest BCUT2D eigenvalue weighted by Crippen LogP contribution is -2.53. The van der Waals surface area contributed by atoms with Crippen molar-refractivity contribution in [2.75, 3.05) is 24.6 Å². The minimum Gasteiger partial charge on any atom is -0.480 e. The first-order chi connectivity index (χ1) is 10.1. The molecule has 0 aromatic heterocycles. The molecule has 2 rings (SSSR count). The Labute approximate surface area is 127 Å². The highest BCUT2D eigenvalue weighted by molar-refractivity contribution is 7.99. The number of hydrogen-bond acceptors (Lipinski definition) is 4. The molecule has 2 aliphatic rings. The second-order valence-electron chi connectivity index (χ2n) is 5.30. The molecule has 1 atom stereocenters. The fourth-order valence-corrected chi connectivity index (χ4v) is 3.16. The largest absolute Gasteiger partial charge is 0.480 e. The second-order valence-corrected chi connectivity index (χ2v) is 6.45. The summed E-state index contributed by atoms with van der Waals surface area (Å²) in [5.74, 6) is 0.221. The van der Waals surface area contributed by atoms with Crippen LogP contribution in [0.2, 0.25) is 0 Å². The fourth-order valence-electron chi connectivity index (χ4n) is 2.12. The summed E-state index contributed by atoms with van der Waals surface area (Å²) in [6.07, 6.45) is 3.07. The van der Waals surface area contributed by atoms with Crippen LogP contribution in [0.5, 0.6) is 0 Å². The predicted molar refractivity (Wildman–Crippen MR) is 79.3 cm³/mol. The van der Waals surface area contributed by atoms with Crippen molar-refractivity contribution < 1.29 is 19.5 Å². The quantitative estimate of drug-likeness (QED) is 0.611. The van der Waals surface area contributed by atoms with Crippen LogP contribution in [-0.2, 0) is 9.59 Å². The predicted octanol–water partition coefficient (Wildman–Crippen LogP) is 0.257. The molecule has 21 heavy (non-hydrogen) atoms. The zero-order valence-corrected chi connectivity index (χ0v) is 12.7. The Kier molecular flexibility index (Phi) is 5.72. The van der Waals surface area contributed by atoms with Crippen LogP contribution in [0.15, 0.2) is 0 Å². The molecule has 0 aromatic rings. The Morgan fingerprint density at radius 3 is 2.71 bits per heavy atom. The monoisotopic (exact) mass is 315 g/mol. The molecule has 0 spiro atoms. The van der Waals surface area contributed by atoms with E-state index in [0.717, 1.165) is 18.6 Å². The molecule has 1 unspecified atom stereocenters. The third kappa shape index (κ3) is 5.11. The van der Waals surface area contributed by atoms with Crippen LogP contribution < -0.4 is 10.6 Å². The van der Waals surface area contributed by atoms with E-state index in [1.165, 1.54) is 4.90 Å². The van der Waals surface area contributed by atoms with Gasteiger partial charge in [-0.25, -0.2) is 9.59 Å². The summed E-state index contributed by atoms with van der Waals surface area (Å²) in [7, 11) is 0. The van der Waals surface area contributed by atoms with Gasteiger partial charge in [-0.2, -0.15) is 11.8 Å². The maximum absolute atomic E-state index is 12.0. The number of rotatable bonds is 6. The molecule has 3 amide bonds. The number of carboxylic acid groups (broad SMARTS) is 1. The van der Waals surface area contributed by atoms with Gasteiger partial charge in [-0.05, 0) is 19.3 Å². The lowest BCUT2D eigenvalue weighted by Gasteiger charge is -2.32. The van der Waals surface area contributed by atoms with Gasteiger partial charge in [0.15, 0.2) is 0 Å². The Morgan fingerprint density at radius 2 is 2.05 bits per heavy atom. The van der Waals surface area contributed by atoms with Gasteiger partial charge in [0, 0.05) is 37.1 Å². The van der Waals surface area contributed by atoms with Gasteiger partial charge in [-0.3, -0.25) is 4.79 Å². The molecule has 118 valence electrons. The molecule has 0 bridgehead atoms. The van der Waals surface area contributed by atoms with Gasteiger partial charge in [-0.15, -0.1) is 0 Å². The van der Waals surface area contributed by atoms with Crippen LogP contribution in [-0.4, -0.2) is 64.6 Å². The van der Waals surface area contributed by atoms with Gasteiger partial charge in [0.25, 0.3) is 0 Å². The van der Waals surface area contributed by atoms with Crippen molar-refractivity contribution in [3.63, 3.8) is 0 Å². The average molecular weight is 315 g/mol. The highest BCUT2D eigenvalue weighted by Crippen LogP contribution is 2.18. The summed E-state index contributed by atoms with van der Waals surface area (Å²) < 4.78 is 0. The van der Waals surface area contributed by atoms with Gasteiger partial charge in [0.05, 0.1) is 0 Å². The van der Waals surface area contributed by atoms with Crippen molar-refractivity contribution in [2.45, 2.75) is 37.8 Å². The van der Waals surface area contributed by atoms with Crippen molar-refractivity contribution in [1.82, 2.24) is 15.5 Å². The lowest BCUT2D eigenvalue weighted by atomic mass is 10.2. The van der Waals surface area contributed by atoms with Crippen LogP contribution >= 0.6 is 11.8 Å². The zero-order chi connectivity index (χ0) is 15.2. The van der Waals surface area contributed by atoms with Gasteiger partial charge < -0.3 is 20.6 Å². The summed E-state index contributed by atoms with van der Waals surface area (Å²) in [6, 6.07) is -0.763. The van der Waals surface area contributed by atoms with Crippen molar-refractivity contribution in [3.05, 3.63) is 0 Å². The minimum atomic E-state index is -0.971. The van der Waals surface area contributed by atoms with Crippen LogP contribution in [0.1, 0.15) is 25.7 Å². The first-order valence-corrected chi connectivity index (χ1v) is 8.38. The number of carbonyl (C=O) groups excluding carboxylic acids is 2. The number of nitrogens with zero attached hydrogens (tertiary/aromatic N) is 1. The maximum atomic E-state index is 12.0. The Hall–Kier alpha value is -1.44. The molecule has 1 saturated carbocycles. The van der Waals surface area contributed by atoms with Crippen molar-refractivity contribution in [1.29, 1.82) is 0 Å². The van der Waals surface area contributed by atoms with E-state index in [4.69, 9.17) is 5.11 Å². The molecule has 8 heteroatoms. The molecule has 1 aliphatic heterocycles. The molecule has 1 aliphatic carbocycles. The van der Waals surface area contributed by atoms with Crippen molar-refractivity contribution in [3.8, 4) is 0 Å². The standard InChI is InChI=1S/C13H21N3O4S/c17-11(15-9-3-4-9)2-1-5-14-13(20)16-6-7-21-8-10(16)12(18)19/h9-10H,1-8H2,(H,14,20)(H,15,17)(H,18,19). The molecule has 1 heterocycles. The second kappa shape index (κ2) is 7.53. The molecular formula is C13H21N3O4S. The first-order valence-electron chi connectivity index (χ1n) is 7.22. The Bertz CT molecular complexity index is 414. The summed E-state index contributed by atoms with van der Waals surface area (Å²) in [5, 5.41) is 14.7. The van der Waals surface area contributed by atoms with E-state index in [9.17, 15) is 14.4 Å². The number of hydrogen-bond donors (Lipinski definition) is 3. The van der Waals surface area contributed by atoms with Crippen LogP contribution in [0.25, 0.3) is 0 Å². The Balaban J connectivity index is 1.65. The fraction of sp³-hybridized carbons (Fsp3) is 0.769. The highest BCUT2D eigenvalue weighted by Gasteiger charge is 2.32. The summed E-state index contributed by atoms with van der Waals surface area (Å²) in [4.78, 5) is 35.9.